The van der Waals surface area contributed by atoms with E-state index in [1.807, 2.05) is 56.3 Å². The molecule has 3 N–H and O–H groups in total. The number of aromatic nitrogens is 1. The van der Waals surface area contributed by atoms with Crippen LogP contribution in [0.5, 0.6) is 0 Å². The Morgan fingerprint density at radius 2 is 1.66 bits per heavy atom. The van der Waals surface area contributed by atoms with Gasteiger partial charge in [-0.25, -0.2) is 0 Å². The monoisotopic (exact) mass is 434 g/mol. The number of amides is 1. The third-order valence-corrected chi connectivity index (χ3v) is 4.93. The molecular formula is C24H26N4O4. The highest BCUT2D eigenvalue weighted by Gasteiger charge is 2.26. The number of aliphatic hydroxyl groups excluding tert-OH is 1. The van der Waals surface area contributed by atoms with E-state index in [4.69, 9.17) is 0 Å². The highest BCUT2D eigenvalue weighted by Crippen LogP contribution is 2.19. The van der Waals surface area contributed by atoms with Crippen LogP contribution in [-0.2, 0) is 6.42 Å². The largest absolute Gasteiger partial charge is 0.384 e. The molecule has 166 valence electrons. The van der Waals surface area contributed by atoms with Crippen molar-refractivity contribution in [2.24, 2.45) is 0 Å². The highest BCUT2D eigenvalue weighted by molar-refractivity contribution is 5.94. The summed E-state index contributed by atoms with van der Waals surface area (Å²) < 4.78 is 0. The lowest BCUT2D eigenvalue weighted by Crippen LogP contribution is -2.47. The molecule has 0 fully saturated rings. The van der Waals surface area contributed by atoms with Crippen LogP contribution in [0.2, 0.25) is 0 Å². The zero-order chi connectivity index (χ0) is 23.1. The number of pyridine rings is 1. The predicted octanol–water partition coefficient (Wildman–Crippen LogP) is 3.42. The van der Waals surface area contributed by atoms with Crippen LogP contribution in [0.1, 0.15) is 27.3 Å². The van der Waals surface area contributed by atoms with Crippen LogP contribution in [0, 0.1) is 24.0 Å². The van der Waals surface area contributed by atoms with E-state index in [1.165, 1.54) is 0 Å². The first-order valence-corrected chi connectivity index (χ1v) is 10.3. The average Bonchev–Trinajstić information content (AvgIpc) is 2.73. The number of nitrogens with zero attached hydrogens (tertiary/aromatic N) is 2. The molecular weight excluding hydrogens is 408 g/mol. The molecule has 3 rings (SSSR count). The first kappa shape index (κ1) is 22.9. The van der Waals surface area contributed by atoms with Gasteiger partial charge in [-0.2, -0.15) is 0 Å². The SMILES string of the molecule is Cc1cc(Nc2ccc(C(=O)N[C@@H](Cc3ccccc3)[C@H](O)C[N+](=O)[O-])cc2)cc(C)n1. The Hall–Kier alpha value is -3.78. The minimum atomic E-state index is -1.31. The minimum Gasteiger partial charge on any atom is -0.384 e. The van der Waals surface area contributed by atoms with Crippen molar-refractivity contribution in [2.75, 3.05) is 11.9 Å². The van der Waals surface area contributed by atoms with Gasteiger partial charge >= 0.3 is 0 Å². The summed E-state index contributed by atoms with van der Waals surface area (Å²) in [5.41, 5.74) is 4.77. The molecule has 0 spiro atoms. The van der Waals surface area contributed by atoms with Crippen molar-refractivity contribution < 1.29 is 14.8 Å². The van der Waals surface area contributed by atoms with Crippen molar-refractivity contribution in [3.05, 3.63) is 99.4 Å². The van der Waals surface area contributed by atoms with E-state index >= 15 is 0 Å². The summed E-state index contributed by atoms with van der Waals surface area (Å²) in [6.07, 6.45) is -1.03. The zero-order valence-electron chi connectivity index (χ0n) is 18.0. The maximum atomic E-state index is 12.8. The van der Waals surface area contributed by atoms with Crippen molar-refractivity contribution in [3.8, 4) is 0 Å². The van der Waals surface area contributed by atoms with Crippen LogP contribution in [-0.4, -0.2) is 39.6 Å². The van der Waals surface area contributed by atoms with Gasteiger partial charge in [-0.1, -0.05) is 30.3 Å². The molecule has 2 aromatic carbocycles. The number of nitro groups is 1. The van der Waals surface area contributed by atoms with Crippen molar-refractivity contribution in [1.82, 2.24) is 10.3 Å². The maximum absolute atomic E-state index is 12.8. The second-order valence-corrected chi connectivity index (χ2v) is 7.69. The van der Waals surface area contributed by atoms with Crippen LogP contribution in [0.3, 0.4) is 0 Å². The quantitative estimate of drug-likeness (QED) is 0.351. The smallest absolute Gasteiger partial charge is 0.251 e. The van der Waals surface area contributed by atoms with Gasteiger partial charge in [0.15, 0.2) is 0 Å². The van der Waals surface area contributed by atoms with Gasteiger partial charge in [0, 0.05) is 33.2 Å². The molecule has 32 heavy (non-hydrogen) atoms. The molecule has 0 saturated carbocycles. The van der Waals surface area contributed by atoms with Crippen LogP contribution >= 0.6 is 0 Å². The molecule has 0 unspecified atom stereocenters. The maximum Gasteiger partial charge on any atom is 0.251 e. The van der Waals surface area contributed by atoms with Gasteiger partial charge in [0.25, 0.3) is 5.91 Å². The summed E-state index contributed by atoms with van der Waals surface area (Å²) in [5, 5.41) is 27.2. The van der Waals surface area contributed by atoms with Gasteiger partial charge in [-0.05, 0) is 62.2 Å². The Morgan fingerprint density at radius 1 is 1.03 bits per heavy atom. The van der Waals surface area contributed by atoms with E-state index in [1.54, 1.807) is 24.3 Å². The molecule has 0 radical (unpaired) electrons. The van der Waals surface area contributed by atoms with Crippen LogP contribution in [0.15, 0.2) is 66.7 Å². The molecule has 0 aliphatic carbocycles. The number of rotatable bonds is 9. The molecule has 2 atom stereocenters. The third kappa shape index (κ3) is 6.61. The average molecular weight is 434 g/mol. The molecule has 3 aromatic rings. The normalized spacial score (nSPS) is 12.6. The molecule has 1 aromatic heterocycles. The Labute approximate surface area is 186 Å². The Bertz CT molecular complexity index is 1050. The molecule has 0 bridgehead atoms. The number of nitrogens with one attached hydrogen (secondary N) is 2. The molecule has 0 saturated heterocycles. The standard InChI is InChI=1S/C24H26N4O4/c1-16-12-21(13-17(2)25-16)26-20-10-8-19(9-11-20)24(30)27-22(23(29)15-28(31)32)14-18-6-4-3-5-7-18/h3-13,22-23,29H,14-15H2,1-2H3,(H,25,26)(H,27,30)/t22-,23+/m0/s1. The highest BCUT2D eigenvalue weighted by atomic mass is 16.6. The lowest BCUT2D eigenvalue weighted by atomic mass is 10.0. The van der Waals surface area contributed by atoms with Crippen molar-refractivity contribution in [3.63, 3.8) is 0 Å². The lowest BCUT2D eigenvalue weighted by Gasteiger charge is -2.22. The van der Waals surface area contributed by atoms with E-state index in [-0.39, 0.29) is 6.42 Å². The molecule has 1 amide bonds. The number of benzene rings is 2. The van der Waals surface area contributed by atoms with E-state index in [0.717, 1.165) is 28.3 Å². The number of anilines is 2. The van der Waals surface area contributed by atoms with Crippen LogP contribution in [0.25, 0.3) is 0 Å². The van der Waals surface area contributed by atoms with E-state index in [2.05, 4.69) is 15.6 Å². The Morgan fingerprint density at radius 3 is 2.25 bits per heavy atom. The lowest BCUT2D eigenvalue weighted by molar-refractivity contribution is -0.491. The predicted molar refractivity (Wildman–Crippen MR) is 123 cm³/mol. The van der Waals surface area contributed by atoms with Gasteiger partial charge in [0.2, 0.25) is 6.54 Å². The zero-order valence-corrected chi connectivity index (χ0v) is 18.0. The second-order valence-electron chi connectivity index (χ2n) is 7.69. The van der Waals surface area contributed by atoms with Gasteiger partial charge < -0.3 is 15.7 Å². The summed E-state index contributed by atoms with van der Waals surface area (Å²) in [6.45, 7) is 3.20. The number of aryl methyl sites for hydroxylation is 2. The van der Waals surface area contributed by atoms with Gasteiger partial charge in [-0.3, -0.25) is 19.9 Å². The fraction of sp³-hybridized carbons (Fsp3) is 0.250. The third-order valence-electron chi connectivity index (χ3n) is 4.93. The van der Waals surface area contributed by atoms with E-state index in [0.29, 0.717) is 5.56 Å². The van der Waals surface area contributed by atoms with E-state index < -0.39 is 29.5 Å². The topological polar surface area (TPSA) is 117 Å². The molecule has 8 nitrogen and oxygen atoms in total. The summed E-state index contributed by atoms with van der Waals surface area (Å²) in [6, 6.07) is 19.2. The van der Waals surface area contributed by atoms with Crippen molar-refractivity contribution in [1.29, 1.82) is 0 Å². The van der Waals surface area contributed by atoms with Gasteiger partial charge in [0.1, 0.15) is 6.10 Å². The number of hydrogen-bond donors (Lipinski definition) is 3. The number of aliphatic hydroxyl groups is 1. The second kappa shape index (κ2) is 10.5. The first-order valence-electron chi connectivity index (χ1n) is 10.3. The summed E-state index contributed by atoms with van der Waals surface area (Å²) in [7, 11) is 0. The number of carbonyl (C=O) groups excluding carboxylic acids is 1. The number of carbonyl (C=O) groups is 1. The Kier molecular flexibility index (Phi) is 7.51. The van der Waals surface area contributed by atoms with Crippen molar-refractivity contribution in [2.45, 2.75) is 32.4 Å². The summed E-state index contributed by atoms with van der Waals surface area (Å²) >= 11 is 0. The molecule has 1 heterocycles. The fourth-order valence-corrected chi connectivity index (χ4v) is 3.46. The minimum absolute atomic E-state index is 0.280. The molecule has 0 aliphatic rings. The van der Waals surface area contributed by atoms with Crippen LogP contribution in [0.4, 0.5) is 11.4 Å². The van der Waals surface area contributed by atoms with Gasteiger partial charge in [-0.15, -0.1) is 0 Å². The Balaban J connectivity index is 1.70. The van der Waals surface area contributed by atoms with Crippen LogP contribution < -0.4 is 10.6 Å². The summed E-state index contributed by atoms with van der Waals surface area (Å²) in [4.78, 5) is 27.4. The summed E-state index contributed by atoms with van der Waals surface area (Å²) in [5.74, 6) is -0.407. The van der Waals surface area contributed by atoms with E-state index in [9.17, 15) is 20.0 Å². The molecule has 0 aliphatic heterocycles. The fourth-order valence-electron chi connectivity index (χ4n) is 3.46. The number of hydrogen-bond acceptors (Lipinski definition) is 6. The van der Waals surface area contributed by atoms with Crippen molar-refractivity contribution >= 4 is 17.3 Å². The van der Waals surface area contributed by atoms with Gasteiger partial charge in [0.05, 0.1) is 6.04 Å². The first-order chi connectivity index (χ1) is 15.3. The molecule has 8 heteroatoms.